The van der Waals surface area contributed by atoms with Crippen LogP contribution < -0.4 is 10.6 Å². The van der Waals surface area contributed by atoms with Crippen molar-refractivity contribution < 1.29 is 4.74 Å². The van der Waals surface area contributed by atoms with Crippen molar-refractivity contribution >= 4 is 17.3 Å². The van der Waals surface area contributed by atoms with Gasteiger partial charge in [-0.3, -0.25) is 0 Å². The van der Waals surface area contributed by atoms with Crippen LogP contribution in [0.3, 0.4) is 0 Å². The summed E-state index contributed by atoms with van der Waals surface area (Å²) >= 11 is 5.23. The van der Waals surface area contributed by atoms with E-state index in [1.807, 2.05) is 0 Å². The zero-order valence-corrected chi connectivity index (χ0v) is 11.5. The molecule has 0 spiro atoms. The number of nitrogens with one attached hydrogen (secondary N) is 2. The standard InChI is InChI=1S/C12H24N2OS/c1-12(2)6-4-10(5-7-12)14-11(16)13-8-9-15-3/h10H,4-9H2,1-3H3,(H2,13,14,16). The van der Waals surface area contributed by atoms with Crippen molar-refractivity contribution in [3.8, 4) is 0 Å². The predicted octanol–water partition coefficient (Wildman–Crippen LogP) is 2.07. The molecule has 94 valence electrons. The van der Waals surface area contributed by atoms with E-state index in [4.69, 9.17) is 17.0 Å². The molecule has 4 heteroatoms. The van der Waals surface area contributed by atoms with E-state index < -0.39 is 0 Å². The number of rotatable bonds is 4. The summed E-state index contributed by atoms with van der Waals surface area (Å²) in [5.74, 6) is 0. The average Bonchev–Trinajstić information content (AvgIpc) is 2.22. The maximum atomic E-state index is 5.23. The molecule has 0 aliphatic heterocycles. The van der Waals surface area contributed by atoms with Gasteiger partial charge < -0.3 is 15.4 Å². The summed E-state index contributed by atoms with van der Waals surface area (Å²) in [7, 11) is 1.70. The first-order valence-electron chi connectivity index (χ1n) is 6.07. The number of hydrogen-bond donors (Lipinski definition) is 2. The monoisotopic (exact) mass is 244 g/mol. The van der Waals surface area contributed by atoms with E-state index >= 15 is 0 Å². The molecule has 3 nitrogen and oxygen atoms in total. The Labute approximate surface area is 104 Å². The topological polar surface area (TPSA) is 33.3 Å². The molecule has 0 saturated heterocycles. The minimum absolute atomic E-state index is 0.517. The first-order chi connectivity index (χ1) is 7.53. The van der Waals surface area contributed by atoms with Gasteiger partial charge in [0.05, 0.1) is 6.61 Å². The highest BCUT2D eigenvalue weighted by Crippen LogP contribution is 2.34. The van der Waals surface area contributed by atoms with Crippen LogP contribution in [-0.2, 0) is 4.74 Å². The van der Waals surface area contributed by atoms with Crippen LogP contribution in [0.25, 0.3) is 0 Å². The fourth-order valence-electron chi connectivity index (χ4n) is 2.05. The fourth-order valence-corrected chi connectivity index (χ4v) is 2.32. The van der Waals surface area contributed by atoms with Crippen molar-refractivity contribution in [1.82, 2.24) is 10.6 Å². The third kappa shape index (κ3) is 5.12. The molecule has 0 heterocycles. The normalized spacial score (nSPS) is 20.4. The summed E-state index contributed by atoms with van der Waals surface area (Å²) in [6.07, 6.45) is 5.01. The number of thiocarbonyl (C=S) groups is 1. The van der Waals surface area contributed by atoms with Crippen molar-refractivity contribution in [1.29, 1.82) is 0 Å². The van der Waals surface area contributed by atoms with Gasteiger partial charge in [0, 0.05) is 19.7 Å². The van der Waals surface area contributed by atoms with Crippen molar-refractivity contribution in [2.75, 3.05) is 20.3 Å². The van der Waals surface area contributed by atoms with Crippen LogP contribution in [0.2, 0.25) is 0 Å². The Morgan fingerprint density at radius 1 is 1.38 bits per heavy atom. The van der Waals surface area contributed by atoms with Crippen molar-refractivity contribution in [2.45, 2.75) is 45.6 Å². The molecule has 0 bridgehead atoms. The van der Waals surface area contributed by atoms with Gasteiger partial charge in [0.2, 0.25) is 0 Å². The van der Waals surface area contributed by atoms with Crippen LogP contribution in [0.4, 0.5) is 0 Å². The second-order valence-electron chi connectivity index (χ2n) is 5.33. The zero-order valence-electron chi connectivity index (χ0n) is 10.6. The van der Waals surface area contributed by atoms with Crippen molar-refractivity contribution in [3.05, 3.63) is 0 Å². The zero-order chi connectivity index (χ0) is 12.0. The van der Waals surface area contributed by atoms with E-state index in [2.05, 4.69) is 24.5 Å². The Bertz CT molecular complexity index is 221. The first-order valence-corrected chi connectivity index (χ1v) is 6.48. The Balaban J connectivity index is 2.16. The molecular weight excluding hydrogens is 220 g/mol. The van der Waals surface area contributed by atoms with E-state index in [9.17, 15) is 0 Å². The van der Waals surface area contributed by atoms with Crippen LogP contribution in [0.15, 0.2) is 0 Å². The molecule has 0 atom stereocenters. The van der Waals surface area contributed by atoms with Crippen LogP contribution in [-0.4, -0.2) is 31.4 Å². The maximum Gasteiger partial charge on any atom is 0.166 e. The van der Waals surface area contributed by atoms with Crippen LogP contribution in [0.1, 0.15) is 39.5 Å². The van der Waals surface area contributed by atoms with E-state index in [0.29, 0.717) is 18.1 Å². The molecule has 2 N–H and O–H groups in total. The van der Waals surface area contributed by atoms with Gasteiger partial charge in [-0.25, -0.2) is 0 Å². The van der Waals surface area contributed by atoms with Crippen molar-refractivity contribution in [3.63, 3.8) is 0 Å². The Hall–Kier alpha value is -0.350. The molecule has 1 rings (SSSR count). The largest absolute Gasteiger partial charge is 0.383 e. The smallest absolute Gasteiger partial charge is 0.166 e. The average molecular weight is 244 g/mol. The Kier molecular flexibility index (Phi) is 5.49. The van der Waals surface area contributed by atoms with E-state index in [1.165, 1.54) is 25.7 Å². The summed E-state index contributed by atoms with van der Waals surface area (Å²) < 4.78 is 4.96. The van der Waals surface area contributed by atoms with Gasteiger partial charge in [-0.15, -0.1) is 0 Å². The second kappa shape index (κ2) is 6.40. The summed E-state index contributed by atoms with van der Waals surface area (Å²) in [5.41, 5.74) is 0.517. The molecule has 0 amide bonds. The highest BCUT2D eigenvalue weighted by atomic mass is 32.1. The maximum absolute atomic E-state index is 5.23. The molecule has 0 unspecified atom stereocenters. The van der Waals surface area contributed by atoms with Gasteiger partial charge >= 0.3 is 0 Å². The van der Waals surface area contributed by atoms with Gasteiger partial charge in [-0.05, 0) is 43.3 Å². The van der Waals surface area contributed by atoms with E-state index in [1.54, 1.807) is 7.11 Å². The lowest BCUT2D eigenvalue weighted by atomic mass is 9.76. The number of methoxy groups -OCH3 is 1. The SMILES string of the molecule is COCCNC(=S)NC1CCC(C)(C)CC1. The molecule has 1 saturated carbocycles. The Morgan fingerprint density at radius 3 is 2.56 bits per heavy atom. The summed E-state index contributed by atoms with van der Waals surface area (Å²) in [5, 5.41) is 7.29. The lowest BCUT2D eigenvalue weighted by Gasteiger charge is -2.35. The molecule has 0 aromatic rings. The number of ether oxygens (including phenoxy) is 1. The van der Waals surface area contributed by atoms with Gasteiger partial charge in [0.1, 0.15) is 0 Å². The molecule has 0 aromatic heterocycles. The lowest BCUT2D eigenvalue weighted by molar-refractivity contribution is 0.202. The minimum Gasteiger partial charge on any atom is -0.383 e. The van der Waals surface area contributed by atoms with Gasteiger partial charge in [0.25, 0.3) is 0 Å². The van der Waals surface area contributed by atoms with Crippen LogP contribution in [0, 0.1) is 5.41 Å². The van der Waals surface area contributed by atoms with Crippen LogP contribution >= 0.6 is 12.2 Å². The quantitative estimate of drug-likeness (QED) is 0.586. The Morgan fingerprint density at radius 2 is 2.00 bits per heavy atom. The van der Waals surface area contributed by atoms with Gasteiger partial charge in [0.15, 0.2) is 5.11 Å². The predicted molar refractivity (Wildman–Crippen MR) is 71.6 cm³/mol. The molecule has 1 fully saturated rings. The fraction of sp³-hybridized carbons (Fsp3) is 0.917. The second-order valence-corrected chi connectivity index (χ2v) is 5.74. The summed E-state index contributed by atoms with van der Waals surface area (Å²) in [4.78, 5) is 0. The lowest BCUT2D eigenvalue weighted by Crippen LogP contribution is -2.45. The number of hydrogen-bond acceptors (Lipinski definition) is 2. The van der Waals surface area contributed by atoms with Crippen molar-refractivity contribution in [2.24, 2.45) is 5.41 Å². The summed E-state index contributed by atoms with van der Waals surface area (Å²) in [6, 6.07) is 0.551. The highest BCUT2D eigenvalue weighted by Gasteiger charge is 2.26. The van der Waals surface area contributed by atoms with Gasteiger partial charge in [-0.1, -0.05) is 13.8 Å². The molecule has 16 heavy (non-hydrogen) atoms. The minimum atomic E-state index is 0.517. The van der Waals surface area contributed by atoms with Gasteiger partial charge in [-0.2, -0.15) is 0 Å². The molecule has 1 aliphatic rings. The molecule has 0 aromatic carbocycles. The van der Waals surface area contributed by atoms with E-state index in [0.717, 1.165) is 11.7 Å². The first kappa shape index (κ1) is 13.7. The molecular formula is C12H24N2OS. The highest BCUT2D eigenvalue weighted by molar-refractivity contribution is 7.80. The molecule has 1 aliphatic carbocycles. The third-order valence-corrected chi connectivity index (χ3v) is 3.53. The summed E-state index contributed by atoms with van der Waals surface area (Å²) in [6.45, 7) is 6.16. The van der Waals surface area contributed by atoms with E-state index in [-0.39, 0.29) is 0 Å². The van der Waals surface area contributed by atoms with Crippen LogP contribution in [0.5, 0.6) is 0 Å². The molecule has 0 radical (unpaired) electrons. The third-order valence-electron chi connectivity index (χ3n) is 3.27.